The Kier molecular flexibility index (Phi) is 4.12. The number of nitrogens with one attached hydrogen (secondary N) is 1. The van der Waals surface area contributed by atoms with E-state index in [1.165, 1.54) is 0 Å². The van der Waals surface area contributed by atoms with E-state index in [1.807, 2.05) is 0 Å². The highest BCUT2D eigenvalue weighted by atomic mass is 16.6. The van der Waals surface area contributed by atoms with Crippen LogP contribution in [0, 0.1) is 17.0 Å². The number of aryl methyl sites for hydroxylation is 1. The van der Waals surface area contributed by atoms with Crippen molar-refractivity contribution >= 4 is 11.6 Å². The first kappa shape index (κ1) is 14.4. The molecule has 0 unspecified atom stereocenters. The second-order valence-corrected chi connectivity index (χ2v) is 4.19. The Morgan fingerprint density at radius 1 is 1.52 bits per heavy atom. The minimum Gasteiger partial charge on any atom is -0.508 e. The molecule has 1 amide bonds. The fraction of sp³-hybridized carbons (Fsp3) is 0.250. The first-order chi connectivity index (χ1) is 9.97. The van der Waals surface area contributed by atoms with Crippen molar-refractivity contribution in [1.29, 1.82) is 0 Å². The molecule has 0 aliphatic rings. The van der Waals surface area contributed by atoms with Crippen LogP contribution in [-0.2, 0) is 6.42 Å². The molecule has 2 aromatic rings. The molecule has 1 heterocycles. The number of nitro benzene ring substituents is 1. The van der Waals surface area contributed by atoms with Crippen LogP contribution in [0.15, 0.2) is 22.7 Å². The summed E-state index contributed by atoms with van der Waals surface area (Å²) in [5.41, 5.74) is -0.579. The van der Waals surface area contributed by atoms with Gasteiger partial charge in [0.1, 0.15) is 11.3 Å². The van der Waals surface area contributed by atoms with Gasteiger partial charge in [0.15, 0.2) is 5.82 Å². The van der Waals surface area contributed by atoms with E-state index in [1.54, 1.807) is 6.92 Å². The van der Waals surface area contributed by atoms with E-state index in [0.29, 0.717) is 18.1 Å². The van der Waals surface area contributed by atoms with Gasteiger partial charge >= 0.3 is 0 Å². The molecule has 21 heavy (non-hydrogen) atoms. The number of rotatable bonds is 5. The van der Waals surface area contributed by atoms with Gasteiger partial charge < -0.3 is 14.9 Å². The molecular weight excluding hydrogens is 280 g/mol. The van der Waals surface area contributed by atoms with Gasteiger partial charge in [0.05, 0.1) is 4.92 Å². The van der Waals surface area contributed by atoms with Crippen molar-refractivity contribution in [3.63, 3.8) is 0 Å². The number of benzene rings is 1. The number of carbonyl (C=O) groups excluding carboxylic acids is 1. The third kappa shape index (κ3) is 3.53. The number of carbonyl (C=O) groups is 1. The van der Waals surface area contributed by atoms with Gasteiger partial charge in [-0.25, -0.2) is 0 Å². The SMILES string of the molecule is Cc1nc(CCNC(=O)c2cc(O)ccc2[N+](=O)[O-])no1. The molecular formula is C12H12N4O5. The summed E-state index contributed by atoms with van der Waals surface area (Å²) in [6, 6.07) is 3.27. The summed E-state index contributed by atoms with van der Waals surface area (Å²) in [6.07, 6.45) is 0.329. The van der Waals surface area contributed by atoms with Gasteiger partial charge in [0, 0.05) is 26.0 Å². The van der Waals surface area contributed by atoms with Crippen LogP contribution < -0.4 is 5.32 Å². The third-order valence-electron chi connectivity index (χ3n) is 2.63. The van der Waals surface area contributed by atoms with Crippen molar-refractivity contribution < 1.29 is 19.3 Å². The number of nitro groups is 1. The van der Waals surface area contributed by atoms with Gasteiger partial charge in [0.25, 0.3) is 11.6 Å². The fourth-order valence-electron chi connectivity index (χ4n) is 1.69. The number of hydrogen-bond acceptors (Lipinski definition) is 7. The van der Waals surface area contributed by atoms with Crippen molar-refractivity contribution in [2.75, 3.05) is 6.54 Å². The molecule has 110 valence electrons. The predicted molar refractivity (Wildman–Crippen MR) is 69.8 cm³/mol. The van der Waals surface area contributed by atoms with E-state index >= 15 is 0 Å². The van der Waals surface area contributed by atoms with E-state index in [0.717, 1.165) is 18.2 Å². The average molecular weight is 292 g/mol. The van der Waals surface area contributed by atoms with E-state index < -0.39 is 10.8 Å². The Balaban J connectivity index is 2.03. The molecule has 2 rings (SSSR count). The Morgan fingerprint density at radius 3 is 2.90 bits per heavy atom. The van der Waals surface area contributed by atoms with Crippen molar-refractivity contribution in [3.05, 3.63) is 45.6 Å². The second-order valence-electron chi connectivity index (χ2n) is 4.19. The molecule has 0 aliphatic carbocycles. The molecule has 0 fully saturated rings. The first-order valence-corrected chi connectivity index (χ1v) is 6.02. The lowest BCUT2D eigenvalue weighted by atomic mass is 10.1. The van der Waals surface area contributed by atoms with Gasteiger partial charge in [-0.05, 0) is 12.1 Å². The van der Waals surface area contributed by atoms with Gasteiger partial charge in [-0.2, -0.15) is 4.98 Å². The van der Waals surface area contributed by atoms with Gasteiger partial charge in [-0.3, -0.25) is 14.9 Å². The maximum absolute atomic E-state index is 11.9. The third-order valence-corrected chi connectivity index (χ3v) is 2.63. The standard InChI is InChI=1S/C12H12N4O5/c1-7-14-11(15-21-7)4-5-13-12(18)9-6-8(17)2-3-10(9)16(19)20/h2-3,6,17H,4-5H2,1H3,(H,13,18). The van der Waals surface area contributed by atoms with Gasteiger partial charge in [0.2, 0.25) is 5.89 Å². The van der Waals surface area contributed by atoms with Crippen LogP contribution in [0.5, 0.6) is 5.75 Å². The van der Waals surface area contributed by atoms with Crippen LogP contribution >= 0.6 is 0 Å². The van der Waals surface area contributed by atoms with E-state index in [9.17, 15) is 20.0 Å². The van der Waals surface area contributed by atoms with Gasteiger partial charge in [-0.1, -0.05) is 5.16 Å². The number of phenolic OH excluding ortho intramolecular Hbond substituents is 1. The van der Waals surface area contributed by atoms with Crippen molar-refractivity contribution in [3.8, 4) is 5.75 Å². The van der Waals surface area contributed by atoms with Crippen molar-refractivity contribution in [2.24, 2.45) is 0 Å². The normalized spacial score (nSPS) is 10.3. The molecule has 0 saturated carbocycles. The van der Waals surface area contributed by atoms with Crippen LogP contribution in [0.1, 0.15) is 22.1 Å². The van der Waals surface area contributed by atoms with Crippen LogP contribution in [0.25, 0.3) is 0 Å². The van der Waals surface area contributed by atoms with Crippen LogP contribution in [0.2, 0.25) is 0 Å². The lowest BCUT2D eigenvalue weighted by Gasteiger charge is -2.05. The van der Waals surface area contributed by atoms with Crippen molar-refractivity contribution in [1.82, 2.24) is 15.5 Å². The minimum atomic E-state index is -0.684. The smallest absolute Gasteiger partial charge is 0.282 e. The van der Waals surface area contributed by atoms with Crippen LogP contribution in [-0.4, -0.2) is 32.6 Å². The largest absolute Gasteiger partial charge is 0.508 e. The number of aromatic hydroxyl groups is 1. The second kappa shape index (κ2) is 5.99. The Morgan fingerprint density at radius 2 is 2.29 bits per heavy atom. The zero-order valence-electron chi connectivity index (χ0n) is 11.1. The summed E-state index contributed by atoms with van der Waals surface area (Å²) < 4.78 is 4.78. The van der Waals surface area contributed by atoms with Gasteiger partial charge in [-0.15, -0.1) is 0 Å². The Hall–Kier alpha value is -2.97. The van der Waals surface area contributed by atoms with Crippen LogP contribution in [0.4, 0.5) is 5.69 Å². The number of hydrogen-bond donors (Lipinski definition) is 2. The zero-order chi connectivity index (χ0) is 15.4. The lowest BCUT2D eigenvalue weighted by Crippen LogP contribution is -2.26. The summed E-state index contributed by atoms with van der Waals surface area (Å²) >= 11 is 0. The van der Waals surface area contributed by atoms with Crippen molar-refractivity contribution in [2.45, 2.75) is 13.3 Å². The molecule has 0 bridgehead atoms. The quantitative estimate of drug-likeness (QED) is 0.619. The molecule has 0 aliphatic heterocycles. The summed E-state index contributed by atoms with van der Waals surface area (Å²) in [4.78, 5) is 26.1. The summed E-state index contributed by atoms with van der Waals surface area (Å²) in [5, 5.41) is 26.3. The molecule has 1 aromatic heterocycles. The summed E-state index contributed by atoms with van der Waals surface area (Å²) in [5.74, 6) is -0.0319. The predicted octanol–water partition coefficient (Wildman–Crippen LogP) is 0.964. The molecule has 9 heteroatoms. The fourth-order valence-corrected chi connectivity index (χ4v) is 1.69. The highest BCUT2D eigenvalue weighted by molar-refractivity contribution is 5.98. The average Bonchev–Trinajstić information content (AvgIpc) is 2.84. The zero-order valence-corrected chi connectivity index (χ0v) is 11.1. The van der Waals surface area contributed by atoms with Crippen LogP contribution in [0.3, 0.4) is 0 Å². The Labute approximate surface area is 118 Å². The number of nitrogens with zero attached hydrogens (tertiary/aromatic N) is 3. The first-order valence-electron chi connectivity index (χ1n) is 6.02. The molecule has 2 N–H and O–H groups in total. The lowest BCUT2D eigenvalue weighted by molar-refractivity contribution is -0.385. The number of aromatic nitrogens is 2. The molecule has 0 saturated heterocycles. The highest BCUT2D eigenvalue weighted by Gasteiger charge is 2.20. The van der Waals surface area contributed by atoms with E-state index in [-0.39, 0.29) is 23.5 Å². The Bertz CT molecular complexity index is 682. The van der Waals surface area contributed by atoms with E-state index in [4.69, 9.17) is 4.52 Å². The summed E-state index contributed by atoms with van der Waals surface area (Å²) in [7, 11) is 0. The number of amides is 1. The molecule has 9 nitrogen and oxygen atoms in total. The number of phenols is 1. The highest BCUT2D eigenvalue weighted by Crippen LogP contribution is 2.23. The minimum absolute atomic E-state index is 0.185. The maximum Gasteiger partial charge on any atom is 0.282 e. The topological polar surface area (TPSA) is 131 Å². The molecule has 1 aromatic carbocycles. The monoisotopic (exact) mass is 292 g/mol. The summed E-state index contributed by atoms with van der Waals surface area (Å²) in [6.45, 7) is 1.83. The maximum atomic E-state index is 11.9. The molecule has 0 radical (unpaired) electrons. The molecule has 0 atom stereocenters. The van der Waals surface area contributed by atoms with E-state index in [2.05, 4.69) is 15.5 Å². The molecule has 0 spiro atoms.